The molecule has 32 heavy (non-hydrogen) atoms. The topological polar surface area (TPSA) is 58.6 Å². The van der Waals surface area contributed by atoms with Gasteiger partial charge in [0.2, 0.25) is 0 Å². The van der Waals surface area contributed by atoms with Crippen LogP contribution in [0, 0.1) is 0 Å². The zero-order valence-electron chi connectivity index (χ0n) is 18.1. The molecule has 0 radical (unpaired) electrons. The Hall–Kier alpha value is -3.12. The number of ether oxygens (including phenoxy) is 1. The second-order valence-electron chi connectivity index (χ2n) is 8.30. The number of halogens is 1. The predicted octanol–water partition coefficient (Wildman–Crippen LogP) is 4.49. The lowest BCUT2D eigenvalue weighted by Crippen LogP contribution is -2.25. The van der Waals surface area contributed by atoms with Gasteiger partial charge in [0.1, 0.15) is 11.6 Å². The van der Waals surface area contributed by atoms with Crippen molar-refractivity contribution in [2.45, 2.75) is 32.4 Å². The summed E-state index contributed by atoms with van der Waals surface area (Å²) in [5.74, 6) is 1.54. The van der Waals surface area contributed by atoms with E-state index in [1.165, 1.54) is 12.8 Å². The van der Waals surface area contributed by atoms with Crippen LogP contribution in [0.15, 0.2) is 48.7 Å². The number of anilines is 1. The Labute approximate surface area is 192 Å². The van der Waals surface area contributed by atoms with Gasteiger partial charge in [-0.15, -0.1) is 0 Å². The van der Waals surface area contributed by atoms with Crippen LogP contribution in [0.4, 0.5) is 5.69 Å². The van der Waals surface area contributed by atoms with Crippen LogP contribution in [0.2, 0.25) is 5.02 Å². The van der Waals surface area contributed by atoms with E-state index in [-0.39, 0.29) is 5.91 Å². The molecule has 0 spiro atoms. The maximum atomic E-state index is 13.1. The highest BCUT2D eigenvalue weighted by Gasteiger charge is 2.27. The van der Waals surface area contributed by atoms with Crippen molar-refractivity contribution < 1.29 is 9.53 Å². The van der Waals surface area contributed by atoms with Gasteiger partial charge in [-0.1, -0.05) is 23.7 Å². The van der Waals surface area contributed by atoms with E-state index >= 15 is 0 Å². The number of hydrogen-bond donors (Lipinski definition) is 0. The average Bonchev–Trinajstić information content (AvgIpc) is 3.49. The van der Waals surface area contributed by atoms with Gasteiger partial charge in [0, 0.05) is 43.4 Å². The third-order valence-electron chi connectivity index (χ3n) is 6.16. The summed E-state index contributed by atoms with van der Waals surface area (Å²) in [6.45, 7) is 3.04. The molecule has 1 saturated heterocycles. The van der Waals surface area contributed by atoms with Crippen molar-refractivity contribution >= 4 is 23.2 Å². The number of rotatable bonds is 5. The summed E-state index contributed by atoms with van der Waals surface area (Å²) in [4.78, 5) is 26.5. The highest BCUT2D eigenvalue weighted by Crippen LogP contribution is 2.31. The number of fused-ring (bicyclic) bond motifs is 1. The third-order valence-corrected chi connectivity index (χ3v) is 6.46. The van der Waals surface area contributed by atoms with E-state index in [0.29, 0.717) is 30.1 Å². The standard InChI is InChI=1S/C25H25ClN4O2/c1-32-20-7-4-17(5-8-20)12-24-27-14-19-15-30(16-22(19)28-24)25(31)18-6-9-23(21(26)13-18)29-10-2-3-11-29/h4-9,13-14H,2-3,10-12,15-16H2,1H3. The molecule has 2 aliphatic heterocycles. The van der Waals surface area contributed by atoms with Crippen molar-refractivity contribution in [3.05, 3.63) is 81.9 Å². The molecule has 0 N–H and O–H groups in total. The summed E-state index contributed by atoms with van der Waals surface area (Å²) in [7, 11) is 1.65. The summed E-state index contributed by atoms with van der Waals surface area (Å²) >= 11 is 6.52. The highest BCUT2D eigenvalue weighted by molar-refractivity contribution is 6.33. The van der Waals surface area contributed by atoms with Crippen LogP contribution in [-0.4, -0.2) is 41.0 Å². The Morgan fingerprint density at radius 1 is 1.09 bits per heavy atom. The zero-order valence-corrected chi connectivity index (χ0v) is 18.8. The molecule has 1 fully saturated rings. The average molecular weight is 449 g/mol. The van der Waals surface area contributed by atoms with Gasteiger partial charge in [0.25, 0.3) is 5.91 Å². The quantitative estimate of drug-likeness (QED) is 0.575. The zero-order chi connectivity index (χ0) is 22.1. The molecule has 3 aromatic rings. The number of nitrogens with zero attached hydrogens (tertiary/aromatic N) is 4. The fourth-order valence-corrected chi connectivity index (χ4v) is 4.69. The first-order chi connectivity index (χ1) is 15.6. The molecule has 164 valence electrons. The lowest BCUT2D eigenvalue weighted by atomic mass is 10.1. The predicted molar refractivity (Wildman–Crippen MR) is 124 cm³/mol. The van der Waals surface area contributed by atoms with Crippen LogP contribution in [0.5, 0.6) is 5.75 Å². The van der Waals surface area contributed by atoms with Crippen molar-refractivity contribution in [3.8, 4) is 5.75 Å². The number of carbonyl (C=O) groups excluding carboxylic acids is 1. The van der Waals surface area contributed by atoms with Crippen LogP contribution in [0.25, 0.3) is 0 Å². The first kappa shape index (κ1) is 20.8. The number of methoxy groups -OCH3 is 1. The molecule has 6 nitrogen and oxygen atoms in total. The molecule has 2 aliphatic rings. The second kappa shape index (κ2) is 8.79. The minimum absolute atomic E-state index is 0.0328. The van der Waals surface area contributed by atoms with E-state index in [4.69, 9.17) is 21.3 Å². The summed E-state index contributed by atoms with van der Waals surface area (Å²) in [6.07, 6.45) is 4.85. The normalized spacial score (nSPS) is 15.2. The Morgan fingerprint density at radius 3 is 2.59 bits per heavy atom. The molecular formula is C25H25ClN4O2. The highest BCUT2D eigenvalue weighted by atomic mass is 35.5. The summed E-state index contributed by atoms with van der Waals surface area (Å²) < 4.78 is 5.21. The molecule has 1 aromatic heterocycles. The van der Waals surface area contributed by atoms with Gasteiger partial charge < -0.3 is 14.5 Å². The van der Waals surface area contributed by atoms with Gasteiger partial charge in [0.15, 0.2) is 0 Å². The summed E-state index contributed by atoms with van der Waals surface area (Å²) in [6, 6.07) is 13.5. The monoisotopic (exact) mass is 448 g/mol. The van der Waals surface area contributed by atoms with E-state index < -0.39 is 0 Å². The van der Waals surface area contributed by atoms with Crippen LogP contribution in [-0.2, 0) is 19.5 Å². The van der Waals surface area contributed by atoms with Gasteiger partial charge in [-0.2, -0.15) is 0 Å². The summed E-state index contributed by atoms with van der Waals surface area (Å²) in [5.41, 5.74) is 4.65. The fourth-order valence-electron chi connectivity index (χ4n) is 4.39. The van der Waals surface area contributed by atoms with E-state index in [9.17, 15) is 4.79 Å². The Bertz CT molecular complexity index is 1140. The number of amides is 1. The molecule has 0 bridgehead atoms. The molecule has 0 aliphatic carbocycles. The molecule has 2 aromatic carbocycles. The number of hydrogen-bond acceptors (Lipinski definition) is 5. The van der Waals surface area contributed by atoms with Crippen molar-refractivity contribution in [2.75, 3.05) is 25.1 Å². The van der Waals surface area contributed by atoms with E-state index in [0.717, 1.165) is 47.2 Å². The van der Waals surface area contributed by atoms with Crippen molar-refractivity contribution in [2.24, 2.45) is 0 Å². The second-order valence-corrected chi connectivity index (χ2v) is 8.71. The molecule has 1 amide bonds. The molecule has 3 heterocycles. The first-order valence-electron chi connectivity index (χ1n) is 10.9. The Morgan fingerprint density at radius 2 is 1.88 bits per heavy atom. The van der Waals surface area contributed by atoms with E-state index in [1.54, 1.807) is 18.1 Å². The van der Waals surface area contributed by atoms with Crippen LogP contribution < -0.4 is 9.64 Å². The fraction of sp³-hybridized carbons (Fsp3) is 0.320. The molecule has 0 saturated carbocycles. The van der Waals surface area contributed by atoms with Crippen molar-refractivity contribution in [3.63, 3.8) is 0 Å². The van der Waals surface area contributed by atoms with Crippen molar-refractivity contribution in [1.82, 2.24) is 14.9 Å². The SMILES string of the molecule is COc1ccc(Cc2ncc3c(n2)CN(C(=O)c2ccc(N4CCCC4)c(Cl)c2)C3)cc1. The van der Waals surface area contributed by atoms with Crippen LogP contribution >= 0.6 is 11.6 Å². The molecule has 0 atom stereocenters. The van der Waals surface area contributed by atoms with Crippen LogP contribution in [0.1, 0.15) is 45.8 Å². The van der Waals surface area contributed by atoms with Crippen LogP contribution in [0.3, 0.4) is 0 Å². The smallest absolute Gasteiger partial charge is 0.254 e. The van der Waals surface area contributed by atoms with Gasteiger partial charge in [-0.25, -0.2) is 9.97 Å². The van der Waals surface area contributed by atoms with Gasteiger partial charge in [0.05, 0.1) is 30.1 Å². The molecule has 0 unspecified atom stereocenters. The van der Waals surface area contributed by atoms with Crippen molar-refractivity contribution in [1.29, 1.82) is 0 Å². The van der Waals surface area contributed by atoms with Gasteiger partial charge >= 0.3 is 0 Å². The van der Waals surface area contributed by atoms with E-state index in [2.05, 4.69) is 9.88 Å². The maximum Gasteiger partial charge on any atom is 0.254 e. The largest absolute Gasteiger partial charge is 0.497 e. The van der Waals surface area contributed by atoms with Gasteiger partial charge in [-0.05, 0) is 48.7 Å². The molecule has 7 heteroatoms. The lowest BCUT2D eigenvalue weighted by Gasteiger charge is -2.20. The Kier molecular flexibility index (Phi) is 5.70. The minimum Gasteiger partial charge on any atom is -0.497 e. The first-order valence-corrected chi connectivity index (χ1v) is 11.3. The van der Waals surface area contributed by atoms with E-state index in [1.807, 2.05) is 42.6 Å². The Balaban J connectivity index is 1.28. The maximum absolute atomic E-state index is 13.1. The molecular weight excluding hydrogens is 424 g/mol. The third kappa shape index (κ3) is 4.15. The lowest BCUT2D eigenvalue weighted by molar-refractivity contribution is 0.0750. The number of carbonyl (C=O) groups is 1. The summed E-state index contributed by atoms with van der Waals surface area (Å²) in [5, 5.41) is 0.635. The minimum atomic E-state index is -0.0328. The van der Waals surface area contributed by atoms with Gasteiger partial charge in [-0.3, -0.25) is 4.79 Å². The number of benzene rings is 2. The number of aromatic nitrogens is 2. The molecule has 5 rings (SSSR count).